The summed E-state index contributed by atoms with van der Waals surface area (Å²) in [5, 5.41) is 0. The van der Waals surface area contributed by atoms with Crippen LogP contribution in [0.4, 0.5) is 0 Å². The van der Waals surface area contributed by atoms with Gasteiger partial charge in [-0.25, -0.2) is 0 Å². The lowest BCUT2D eigenvalue weighted by atomic mass is 9.66. The van der Waals surface area contributed by atoms with E-state index in [9.17, 15) is 0 Å². The lowest BCUT2D eigenvalue weighted by Crippen LogP contribution is -2.29. The minimum absolute atomic E-state index is 0.0823. The van der Waals surface area contributed by atoms with E-state index in [1.54, 1.807) is 16.7 Å². The normalized spacial score (nSPS) is 29.6. The molecule has 0 N–H and O–H groups in total. The highest BCUT2D eigenvalue weighted by Gasteiger charge is 2.69. The maximum Gasteiger partial charge on any atom is 0.0654 e. The molecule has 2 spiro atoms. The first-order valence-corrected chi connectivity index (χ1v) is 10.0. The van der Waals surface area contributed by atoms with Crippen molar-refractivity contribution in [2.24, 2.45) is 11.3 Å². The summed E-state index contributed by atoms with van der Waals surface area (Å²) in [5.41, 5.74) is 10.8. The van der Waals surface area contributed by atoms with Crippen molar-refractivity contribution in [1.82, 2.24) is 0 Å². The molecule has 0 radical (unpaired) electrons. The lowest BCUT2D eigenvalue weighted by molar-refractivity contribution is 0.627. The molecular formula is C27H20. The third kappa shape index (κ3) is 1.39. The molecule has 0 nitrogen and oxygen atoms in total. The monoisotopic (exact) mass is 344 g/mol. The number of benzene rings is 2. The largest absolute Gasteiger partial charge is 0.0804 e. The van der Waals surface area contributed by atoms with E-state index in [4.69, 9.17) is 0 Å². The van der Waals surface area contributed by atoms with Gasteiger partial charge in [0.15, 0.2) is 0 Å². The van der Waals surface area contributed by atoms with Crippen LogP contribution in [0, 0.1) is 11.3 Å². The second-order valence-corrected chi connectivity index (χ2v) is 8.47. The molecular weight excluding hydrogens is 324 g/mol. The summed E-state index contributed by atoms with van der Waals surface area (Å²) in [4.78, 5) is 0. The van der Waals surface area contributed by atoms with Crippen molar-refractivity contribution in [3.8, 4) is 11.1 Å². The summed E-state index contributed by atoms with van der Waals surface area (Å²) >= 11 is 0. The van der Waals surface area contributed by atoms with E-state index in [0.717, 1.165) is 6.42 Å². The summed E-state index contributed by atoms with van der Waals surface area (Å²) in [6, 6.07) is 18.2. The highest BCUT2D eigenvalue weighted by Crippen LogP contribution is 2.78. The first kappa shape index (κ1) is 14.2. The first-order chi connectivity index (χ1) is 13.4. The van der Waals surface area contributed by atoms with Crippen molar-refractivity contribution >= 4 is 0 Å². The number of rotatable bonds is 0. The third-order valence-electron chi connectivity index (χ3n) is 7.55. The topological polar surface area (TPSA) is 0 Å². The molecule has 0 heteroatoms. The fourth-order valence-corrected chi connectivity index (χ4v) is 6.59. The van der Waals surface area contributed by atoms with Crippen molar-refractivity contribution in [1.29, 1.82) is 0 Å². The zero-order valence-electron chi connectivity index (χ0n) is 15.2. The smallest absolute Gasteiger partial charge is 0.0654 e. The molecule has 0 amide bonds. The van der Waals surface area contributed by atoms with E-state index < -0.39 is 0 Å². The fraction of sp³-hybridized carbons (Fsp3) is 0.185. The highest BCUT2D eigenvalue weighted by atomic mass is 14.7. The number of hydrogen-bond donors (Lipinski definition) is 0. The van der Waals surface area contributed by atoms with Crippen LogP contribution in [0.5, 0.6) is 0 Å². The van der Waals surface area contributed by atoms with Gasteiger partial charge < -0.3 is 0 Å². The average Bonchev–Trinajstić information content (AvgIpc) is 3.40. The van der Waals surface area contributed by atoms with Gasteiger partial charge >= 0.3 is 0 Å². The van der Waals surface area contributed by atoms with Gasteiger partial charge in [0.1, 0.15) is 0 Å². The molecule has 0 aromatic heterocycles. The maximum atomic E-state index is 2.45. The summed E-state index contributed by atoms with van der Waals surface area (Å²) < 4.78 is 0. The van der Waals surface area contributed by atoms with Crippen LogP contribution < -0.4 is 0 Å². The molecule has 0 saturated heterocycles. The zero-order valence-corrected chi connectivity index (χ0v) is 15.2. The Morgan fingerprint density at radius 3 is 2.33 bits per heavy atom. The van der Waals surface area contributed by atoms with Gasteiger partial charge in [-0.15, -0.1) is 0 Å². The molecule has 5 aliphatic carbocycles. The Labute approximate surface area is 159 Å². The Morgan fingerprint density at radius 1 is 0.815 bits per heavy atom. The van der Waals surface area contributed by atoms with Gasteiger partial charge in [0, 0.05) is 5.41 Å². The summed E-state index contributed by atoms with van der Waals surface area (Å²) in [5.74, 6) is 0.671. The molecule has 27 heavy (non-hydrogen) atoms. The highest BCUT2D eigenvalue weighted by molar-refractivity contribution is 5.89. The summed E-state index contributed by atoms with van der Waals surface area (Å²) in [6.45, 7) is 0. The van der Waals surface area contributed by atoms with Crippen LogP contribution in [0.3, 0.4) is 0 Å². The molecule has 7 rings (SSSR count). The van der Waals surface area contributed by atoms with Crippen molar-refractivity contribution < 1.29 is 0 Å². The number of allylic oxidation sites excluding steroid dienone is 10. The minimum Gasteiger partial charge on any atom is -0.0804 e. The van der Waals surface area contributed by atoms with E-state index in [2.05, 4.69) is 91.1 Å². The van der Waals surface area contributed by atoms with Crippen LogP contribution in [-0.2, 0) is 5.41 Å². The first-order valence-electron chi connectivity index (χ1n) is 10.0. The van der Waals surface area contributed by atoms with Crippen LogP contribution in [0.2, 0.25) is 0 Å². The molecule has 2 atom stereocenters. The van der Waals surface area contributed by atoms with E-state index in [1.165, 1.54) is 28.7 Å². The Balaban J connectivity index is 1.68. The van der Waals surface area contributed by atoms with E-state index >= 15 is 0 Å². The van der Waals surface area contributed by atoms with Crippen molar-refractivity contribution in [3.63, 3.8) is 0 Å². The van der Waals surface area contributed by atoms with Gasteiger partial charge in [0.25, 0.3) is 0 Å². The van der Waals surface area contributed by atoms with E-state index in [-0.39, 0.29) is 10.8 Å². The van der Waals surface area contributed by atoms with Crippen LogP contribution >= 0.6 is 0 Å². The second-order valence-electron chi connectivity index (χ2n) is 8.47. The maximum absolute atomic E-state index is 2.45. The van der Waals surface area contributed by atoms with Crippen molar-refractivity contribution in [2.45, 2.75) is 18.3 Å². The Bertz CT molecular complexity index is 1130. The molecule has 5 aliphatic rings. The SMILES string of the molecule is C1=CCC2=C(C=C1)C13CC1C=CC=C3C21c2ccccc2-c2ccccc21. The van der Waals surface area contributed by atoms with Gasteiger partial charge in [-0.1, -0.05) is 91.1 Å². The minimum atomic E-state index is -0.0823. The van der Waals surface area contributed by atoms with Crippen LogP contribution in [0.1, 0.15) is 24.0 Å². The van der Waals surface area contributed by atoms with Gasteiger partial charge in [0.05, 0.1) is 5.41 Å². The van der Waals surface area contributed by atoms with Crippen molar-refractivity contribution in [3.05, 3.63) is 119 Å². The molecule has 2 unspecified atom stereocenters. The average molecular weight is 344 g/mol. The van der Waals surface area contributed by atoms with Crippen LogP contribution in [0.15, 0.2) is 108 Å². The van der Waals surface area contributed by atoms with Gasteiger partial charge in [-0.2, -0.15) is 0 Å². The quantitative estimate of drug-likeness (QED) is 0.527. The predicted molar refractivity (Wildman–Crippen MR) is 110 cm³/mol. The summed E-state index contributed by atoms with van der Waals surface area (Å²) in [7, 11) is 0. The fourth-order valence-electron chi connectivity index (χ4n) is 6.59. The molecule has 0 bridgehead atoms. The van der Waals surface area contributed by atoms with Gasteiger partial charge in [-0.3, -0.25) is 0 Å². The Hall–Kier alpha value is -2.86. The van der Waals surface area contributed by atoms with Crippen LogP contribution in [-0.4, -0.2) is 0 Å². The van der Waals surface area contributed by atoms with Gasteiger partial charge in [0.2, 0.25) is 0 Å². The molecule has 2 aromatic carbocycles. The number of fused-ring (bicyclic) bond motifs is 7. The molecule has 1 saturated carbocycles. The second kappa shape index (κ2) is 4.51. The predicted octanol–water partition coefficient (Wildman–Crippen LogP) is 6.28. The molecule has 2 aromatic rings. The number of hydrogen-bond acceptors (Lipinski definition) is 0. The Kier molecular flexibility index (Phi) is 2.38. The molecule has 1 fully saturated rings. The van der Waals surface area contributed by atoms with Gasteiger partial charge in [-0.05, 0) is 57.7 Å². The lowest BCUT2D eigenvalue weighted by Gasteiger charge is -2.35. The van der Waals surface area contributed by atoms with E-state index in [0.29, 0.717) is 5.92 Å². The summed E-state index contributed by atoms with van der Waals surface area (Å²) in [6.07, 6.45) is 18.8. The third-order valence-corrected chi connectivity index (χ3v) is 7.55. The zero-order chi connectivity index (χ0) is 17.6. The standard InChI is InChI=1S/C27H20/c1-2-14-23-24(15-3-1)27(25-16-8-9-18-17-26(18,23)25)21-12-6-4-10-19(21)20-11-5-7-13-22(20)27/h1-14,16,18H,15,17H2. The van der Waals surface area contributed by atoms with E-state index in [1.807, 2.05) is 0 Å². The molecule has 0 aliphatic heterocycles. The van der Waals surface area contributed by atoms with Crippen LogP contribution in [0.25, 0.3) is 11.1 Å². The molecule has 128 valence electrons. The molecule has 0 heterocycles. The van der Waals surface area contributed by atoms with Crippen molar-refractivity contribution in [2.75, 3.05) is 0 Å². The Morgan fingerprint density at radius 2 is 1.56 bits per heavy atom.